The van der Waals surface area contributed by atoms with Gasteiger partial charge in [-0.1, -0.05) is 11.6 Å². The Kier molecular flexibility index (Phi) is 3.74. The smallest absolute Gasteiger partial charge is 0.288 e. The molecule has 0 saturated heterocycles. The zero-order valence-electron chi connectivity index (χ0n) is 9.41. The van der Waals surface area contributed by atoms with Crippen LogP contribution in [-0.2, 0) is 0 Å². The van der Waals surface area contributed by atoms with Crippen molar-refractivity contribution in [1.82, 2.24) is 9.97 Å². The topological polar surface area (TPSA) is 116 Å². The molecule has 0 radical (unpaired) electrons. The van der Waals surface area contributed by atoms with E-state index in [-0.39, 0.29) is 16.6 Å². The normalized spacial score (nSPS) is 10.0. The lowest BCUT2D eigenvalue weighted by Crippen LogP contribution is -2.09. The van der Waals surface area contributed by atoms with Gasteiger partial charge in [-0.05, 0) is 6.07 Å². The Bertz CT molecular complexity index is 622. The second kappa shape index (κ2) is 5.46. The van der Waals surface area contributed by atoms with E-state index in [9.17, 15) is 10.1 Å². The summed E-state index contributed by atoms with van der Waals surface area (Å²) in [5.41, 5.74) is 2.12. The maximum absolute atomic E-state index is 10.6. The number of nitrogens with one attached hydrogen (secondary N) is 1. The molecule has 19 heavy (non-hydrogen) atoms. The molecule has 0 bridgehead atoms. The van der Waals surface area contributed by atoms with E-state index in [1.165, 1.54) is 30.6 Å². The lowest BCUT2D eigenvalue weighted by Gasteiger charge is -2.06. The molecule has 0 atom stereocenters. The standard InChI is InChI=1S/C10H8ClN5O3/c11-7-3-6(1-2-8(7)16(17)18)19-10-5-13-4-9(14-10)15-12/h1-5H,12H2,(H,14,15). The summed E-state index contributed by atoms with van der Waals surface area (Å²) in [6, 6.07) is 3.98. The van der Waals surface area contributed by atoms with Crippen LogP contribution in [0, 0.1) is 10.1 Å². The number of nitrogen functional groups attached to an aromatic ring is 1. The van der Waals surface area contributed by atoms with E-state index in [1.807, 2.05) is 0 Å². The number of nitrogens with two attached hydrogens (primary N) is 1. The summed E-state index contributed by atoms with van der Waals surface area (Å²) >= 11 is 5.76. The molecular formula is C10H8ClN5O3. The first kappa shape index (κ1) is 13.0. The summed E-state index contributed by atoms with van der Waals surface area (Å²) in [6.07, 6.45) is 2.78. The zero-order chi connectivity index (χ0) is 13.8. The van der Waals surface area contributed by atoms with Crippen LogP contribution in [0.3, 0.4) is 0 Å². The first-order valence-corrected chi connectivity index (χ1v) is 5.38. The molecule has 2 aromatic rings. The minimum atomic E-state index is -0.578. The maximum atomic E-state index is 10.6. The Labute approximate surface area is 112 Å². The Balaban J connectivity index is 2.23. The minimum Gasteiger partial charge on any atom is -0.437 e. The van der Waals surface area contributed by atoms with Gasteiger partial charge in [-0.3, -0.25) is 15.1 Å². The molecule has 3 N–H and O–H groups in total. The quantitative estimate of drug-likeness (QED) is 0.501. The van der Waals surface area contributed by atoms with Gasteiger partial charge in [-0.15, -0.1) is 0 Å². The summed E-state index contributed by atoms with van der Waals surface area (Å²) in [4.78, 5) is 17.9. The number of nitrogens with zero attached hydrogens (tertiary/aromatic N) is 3. The number of benzene rings is 1. The van der Waals surface area contributed by atoms with Crippen LogP contribution < -0.4 is 16.0 Å². The summed E-state index contributed by atoms with van der Waals surface area (Å²) in [7, 11) is 0. The number of ether oxygens (including phenoxy) is 1. The largest absolute Gasteiger partial charge is 0.437 e. The molecule has 0 spiro atoms. The number of aromatic nitrogens is 2. The van der Waals surface area contributed by atoms with E-state index < -0.39 is 4.92 Å². The third-order valence-electron chi connectivity index (χ3n) is 2.10. The van der Waals surface area contributed by atoms with E-state index in [0.717, 1.165) is 0 Å². The molecule has 0 saturated carbocycles. The Morgan fingerprint density at radius 2 is 2.21 bits per heavy atom. The summed E-state index contributed by atoms with van der Waals surface area (Å²) in [5.74, 6) is 6.00. The number of halogens is 1. The second-order valence-corrected chi connectivity index (χ2v) is 3.77. The van der Waals surface area contributed by atoms with Crippen LogP contribution in [0.15, 0.2) is 30.6 Å². The lowest BCUT2D eigenvalue weighted by molar-refractivity contribution is -0.384. The molecule has 9 heteroatoms. The van der Waals surface area contributed by atoms with Crippen molar-refractivity contribution in [3.63, 3.8) is 0 Å². The van der Waals surface area contributed by atoms with Gasteiger partial charge in [0.1, 0.15) is 10.8 Å². The number of rotatable bonds is 4. The highest BCUT2D eigenvalue weighted by atomic mass is 35.5. The molecule has 8 nitrogen and oxygen atoms in total. The number of hydrazine groups is 1. The van der Waals surface area contributed by atoms with Gasteiger partial charge in [0.25, 0.3) is 5.69 Å². The SMILES string of the molecule is NNc1cncc(Oc2ccc([N+](=O)[O-])c(Cl)c2)n1. The molecule has 2 rings (SSSR count). The number of hydrogen-bond donors (Lipinski definition) is 2. The number of anilines is 1. The number of nitro benzene ring substituents is 1. The monoisotopic (exact) mass is 281 g/mol. The van der Waals surface area contributed by atoms with Crippen LogP contribution in [0.25, 0.3) is 0 Å². The molecule has 98 valence electrons. The first-order valence-electron chi connectivity index (χ1n) is 5.00. The first-order chi connectivity index (χ1) is 9.10. The lowest BCUT2D eigenvalue weighted by atomic mass is 10.3. The average Bonchev–Trinajstić information content (AvgIpc) is 2.38. The minimum absolute atomic E-state index is 0.0245. The van der Waals surface area contributed by atoms with Crippen molar-refractivity contribution in [2.75, 3.05) is 5.43 Å². The van der Waals surface area contributed by atoms with Crippen molar-refractivity contribution in [2.24, 2.45) is 5.84 Å². The van der Waals surface area contributed by atoms with Crippen LogP contribution in [0.4, 0.5) is 11.5 Å². The second-order valence-electron chi connectivity index (χ2n) is 3.36. The van der Waals surface area contributed by atoms with Gasteiger partial charge in [0.15, 0.2) is 5.82 Å². The van der Waals surface area contributed by atoms with Gasteiger partial charge >= 0.3 is 0 Å². The predicted octanol–water partition coefficient (Wildman–Crippen LogP) is 2.12. The average molecular weight is 282 g/mol. The van der Waals surface area contributed by atoms with E-state index >= 15 is 0 Å². The Morgan fingerprint density at radius 1 is 1.42 bits per heavy atom. The number of hydrogen-bond acceptors (Lipinski definition) is 7. The molecule has 1 heterocycles. The van der Waals surface area contributed by atoms with Crippen molar-refractivity contribution in [3.05, 3.63) is 45.7 Å². The van der Waals surface area contributed by atoms with Crippen molar-refractivity contribution >= 4 is 23.1 Å². The summed E-state index contributed by atoms with van der Waals surface area (Å²) < 4.78 is 5.36. The predicted molar refractivity (Wildman–Crippen MR) is 68.0 cm³/mol. The molecule has 0 fully saturated rings. The molecule has 0 aliphatic heterocycles. The summed E-state index contributed by atoms with van der Waals surface area (Å²) in [6.45, 7) is 0. The fourth-order valence-electron chi connectivity index (χ4n) is 1.29. The van der Waals surface area contributed by atoms with Crippen molar-refractivity contribution < 1.29 is 9.66 Å². The molecule has 1 aromatic carbocycles. The summed E-state index contributed by atoms with van der Waals surface area (Å²) in [5, 5.41) is 10.6. The van der Waals surface area contributed by atoms with Crippen LogP contribution >= 0.6 is 11.6 Å². The fourth-order valence-corrected chi connectivity index (χ4v) is 1.53. The van der Waals surface area contributed by atoms with Gasteiger partial charge < -0.3 is 10.2 Å². The molecule has 1 aromatic heterocycles. The van der Waals surface area contributed by atoms with Gasteiger partial charge in [-0.2, -0.15) is 4.98 Å². The highest BCUT2D eigenvalue weighted by Gasteiger charge is 2.13. The zero-order valence-corrected chi connectivity index (χ0v) is 10.2. The maximum Gasteiger partial charge on any atom is 0.288 e. The Morgan fingerprint density at radius 3 is 2.84 bits per heavy atom. The van der Waals surface area contributed by atoms with Crippen LogP contribution in [-0.4, -0.2) is 14.9 Å². The van der Waals surface area contributed by atoms with Crippen LogP contribution in [0.2, 0.25) is 5.02 Å². The molecule has 0 unspecified atom stereocenters. The highest BCUT2D eigenvalue weighted by molar-refractivity contribution is 6.32. The van der Waals surface area contributed by atoms with E-state index in [0.29, 0.717) is 11.6 Å². The number of nitro groups is 1. The van der Waals surface area contributed by atoms with Crippen LogP contribution in [0.1, 0.15) is 0 Å². The van der Waals surface area contributed by atoms with Gasteiger partial charge in [0.2, 0.25) is 5.88 Å². The molecule has 0 aliphatic carbocycles. The van der Waals surface area contributed by atoms with Gasteiger partial charge in [0, 0.05) is 12.1 Å². The van der Waals surface area contributed by atoms with Crippen molar-refractivity contribution in [1.29, 1.82) is 0 Å². The highest BCUT2D eigenvalue weighted by Crippen LogP contribution is 2.30. The Hall–Kier alpha value is -2.45. The molecule has 0 aliphatic rings. The van der Waals surface area contributed by atoms with Crippen molar-refractivity contribution in [2.45, 2.75) is 0 Å². The molecular weight excluding hydrogens is 274 g/mol. The third kappa shape index (κ3) is 3.06. The van der Waals surface area contributed by atoms with E-state index in [1.54, 1.807) is 0 Å². The van der Waals surface area contributed by atoms with Gasteiger partial charge in [0.05, 0.1) is 17.3 Å². The molecule has 0 amide bonds. The van der Waals surface area contributed by atoms with Crippen molar-refractivity contribution in [3.8, 4) is 11.6 Å². The third-order valence-corrected chi connectivity index (χ3v) is 2.40. The fraction of sp³-hybridized carbons (Fsp3) is 0. The van der Waals surface area contributed by atoms with Gasteiger partial charge in [-0.25, -0.2) is 5.84 Å². The van der Waals surface area contributed by atoms with E-state index in [4.69, 9.17) is 22.2 Å². The van der Waals surface area contributed by atoms with E-state index in [2.05, 4.69) is 15.4 Å². The van der Waals surface area contributed by atoms with Crippen LogP contribution in [0.5, 0.6) is 11.6 Å².